The first-order chi connectivity index (χ1) is 13.5. The van der Waals surface area contributed by atoms with Crippen molar-refractivity contribution in [2.24, 2.45) is 0 Å². The number of alkyl halides is 3. The van der Waals surface area contributed by atoms with Crippen molar-refractivity contribution in [3.63, 3.8) is 0 Å². The van der Waals surface area contributed by atoms with Gasteiger partial charge in [0, 0.05) is 12.1 Å². The van der Waals surface area contributed by atoms with Crippen molar-refractivity contribution >= 4 is 27.1 Å². The number of sulfone groups is 1. The Morgan fingerprint density at radius 3 is 2.31 bits per heavy atom. The molecule has 0 aliphatic carbocycles. The van der Waals surface area contributed by atoms with E-state index < -0.39 is 37.7 Å². The Labute approximate surface area is 162 Å². The number of amides is 1. The molecule has 0 spiro atoms. The van der Waals surface area contributed by atoms with Gasteiger partial charge in [-0.3, -0.25) is 14.9 Å². The lowest BCUT2D eigenvalue weighted by molar-refractivity contribution is -0.384. The van der Waals surface area contributed by atoms with Gasteiger partial charge in [-0.1, -0.05) is 0 Å². The van der Waals surface area contributed by atoms with Gasteiger partial charge in [0.05, 0.1) is 22.6 Å². The number of non-ortho nitro benzene ring substituents is 1. The van der Waals surface area contributed by atoms with Crippen molar-refractivity contribution in [3.05, 3.63) is 52.6 Å². The molecule has 0 unspecified atom stereocenters. The number of nitro groups is 1. The summed E-state index contributed by atoms with van der Waals surface area (Å²) in [7, 11) is -4.44. The molecule has 0 radical (unpaired) electrons. The highest BCUT2D eigenvalue weighted by Gasteiger charge is 2.47. The summed E-state index contributed by atoms with van der Waals surface area (Å²) in [5.74, 6) is -0.774. The fourth-order valence-electron chi connectivity index (χ4n) is 2.08. The van der Waals surface area contributed by atoms with Gasteiger partial charge in [-0.15, -0.1) is 0 Å². The van der Waals surface area contributed by atoms with Crippen molar-refractivity contribution in [3.8, 4) is 11.5 Å². The molecule has 1 N–H and O–H groups in total. The number of hydrogen-bond donors (Lipinski definition) is 1. The van der Waals surface area contributed by atoms with Gasteiger partial charge in [0.15, 0.2) is 6.61 Å². The normalized spacial score (nSPS) is 11.6. The molecule has 9 nitrogen and oxygen atoms in total. The molecule has 0 fully saturated rings. The van der Waals surface area contributed by atoms with Crippen molar-refractivity contribution < 1.29 is 40.8 Å². The summed E-state index contributed by atoms with van der Waals surface area (Å²) in [5.41, 5.74) is -6.01. The summed E-state index contributed by atoms with van der Waals surface area (Å²) in [5, 5.41) is 12.8. The van der Waals surface area contributed by atoms with Crippen molar-refractivity contribution in [2.75, 3.05) is 19.0 Å². The van der Waals surface area contributed by atoms with E-state index >= 15 is 0 Å². The number of nitrogens with zero attached hydrogens (tertiary/aromatic N) is 1. The van der Waals surface area contributed by atoms with Crippen LogP contribution in [0.3, 0.4) is 0 Å². The van der Waals surface area contributed by atoms with Crippen LogP contribution in [0.25, 0.3) is 0 Å². The molecule has 29 heavy (non-hydrogen) atoms. The van der Waals surface area contributed by atoms with E-state index in [0.29, 0.717) is 12.1 Å². The molecular weight excluding hydrogens is 421 g/mol. The molecule has 0 aliphatic rings. The standard InChI is InChI=1S/C16H13F3N2O7S/c1-27-14-7-6-12(29(25,26)16(17,18)19)8-13(14)20-15(22)9-28-11-4-2-10(3-5-11)21(23)24/h2-8H,9H2,1H3,(H,20,22). The Morgan fingerprint density at radius 1 is 1.17 bits per heavy atom. The highest BCUT2D eigenvalue weighted by molar-refractivity contribution is 7.92. The van der Waals surface area contributed by atoms with Crippen LogP contribution in [0, 0.1) is 10.1 Å². The van der Waals surface area contributed by atoms with E-state index in [2.05, 4.69) is 5.32 Å². The van der Waals surface area contributed by atoms with Crippen LogP contribution < -0.4 is 14.8 Å². The van der Waals surface area contributed by atoms with Crippen molar-refractivity contribution in [1.82, 2.24) is 0 Å². The lowest BCUT2D eigenvalue weighted by Gasteiger charge is -2.14. The maximum Gasteiger partial charge on any atom is 0.501 e. The van der Waals surface area contributed by atoms with Crippen LogP contribution in [0.1, 0.15) is 0 Å². The zero-order valence-electron chi connectivity index (χ0n) is 14.6. The summed E-state index contributed by atoms with van der Waals surface area (Å²) in [6.45, 7) is -0.600. The second kappa shape index (κ2) is 8.34. The molecule has 13 heteroatoms. The Kier molecular flexibility index (Phi) is 6.31. The molecule has 0 saturated heterocycles. The van der Waals surface area contributed by atoms with Crippen LogP contribution in [0.2, 0.25) is 0 Å². The number of benzene rings is 2. The number of methoxy groups -OCH3 is 1. The minimum absolute atomic E-state index is 0.0742. The lowest BCUT2D eigenvalue weighted by Crippen LogP contribution is -2.24. The summed E-state index contributed by atoms with van der Waals surface area (Å²) < 4.78 is 71.2. The average Bonchev–Trinajstić information content (AvgIpc) is 2.65. The number of rotatable bonds is 7. The number of nitrogens with one attached hydrogen (secondary N) is 1. The highest BCUT2D eigenvalue weighted by Crippen LogP contribution is 2.34. The zero-order chi connectivity index (χ0) is 21.8. The van der Waals surface area contributed by atoms with Gasteiger partial charge in [-0.2, -0.15) is 13.2 Å². The molecule has 2 rings (SSSR count). The van der Waals surface area contributed by atoms with Gasteiger partial charge >= 0.3 is 5.51 Å². The van der Waals surface area contributed by atoms with E-state index in [1.54, 1.807) is 0 Å². The van der Waals surface area contributed by atoms with Crippen LogP contribution in [0.5, 0.6) is 11.5 Å². The smallest absolute Gasteiger partial charge is 0.495 e. The summed E-state index contributed by atoms with van der Waals surface area (Å²) in [4.78, 5) is 20.9. The lowest BCUT2D eigenvalue weighted by atomic mass is 10.3. The van der Waals surface area contributed by atoms with E-state index in [1.165, 1.54) is 19.2 Å². The third-order valence-corrected chi connectivity index (χ3v) is 4.96. The van der Waals surface area contributed by atoms with E-state index in [-0.39, 0.29) is 22.9 Å². The number of anilines is 1. The number of carbonyl (C=O) groups excluding carboxylic acids is 1. The molecule has 2 aromatic rings. The average molecular weight is 434 g/mol. The number of hydrogen-bond acceptors (Lipinski definition) is 7. The molecule has 1 amide bonds. The molecule has 0 aliphatic heterocycles. The molecule has 0 saturated carbocycles. The predicted octanol–water partition coefficient (Wildman–Crippen LogP) is 2.91. The van der Waals surface area contributed by atoms with Crippen LogP contribution >= 0.6 is 0 Å². The maximum absolute atomic E-state index is 12.7. The molecule has 0 aromatic heterocycles. The number of halogens is 3. The fourth-order valence-corrected chi connectivity index (χ4v) is 2.87. The molecular formula is C16H13F3N2O7S. The Hall–Kier alpha value is -3.35. The van der Waals surface area contributed by atoms with Crippen molar-refractivity contribution in [1.29, 1.82) is 0 Å². The first-order valence-electron chi connectivity index (χ1n) is 7.62. The number of nitro benzene ring substituents is 1. The largest absolute Gasteiger partial charge is 0.501 e. The van der Waals surface area contributed by atoms with Crippen LogP contribution in [-0.2, 0) is 14.6 Å². The molecule has 0 heterocycles. The summed E-state index contributed by atoms with van der Waals surface area (Å²) in [6.07, 6.45) is 0. The Morgan fingerprint density at radius 2 is 1.79 bits per heavy atom. The third-order valence-electron chi connectivity index (χ3n) is 3.48. The second-order valence-electron chi connectivity index (χ2n) is 5.40. The molecule has 0 atom stereocenters. The molecule has 2 aromatic carbocycles. The van der Waals surface area contributed by atoms with E-state index in [1.807, 2.05) is 0 Å². The summed E-state index contributed by atoms with van der Waals surface area (Å²) in [6, 6.07) is 7.09. The van der Waals surface area contributed by atoms with Gasteiger partial charge < -0.3 is 14.8 Å². The SMILES string of the molecule is COc1ccc(S(=O)(=O)C(F)(F)F)cc1NC(=O)COc1ccc([N+](=O)[O-])cc1. The second-order valence-corrected chi connectivity index (χ2v) is 7.34. The Balaban J connectivity index is 2.14. The first-order valence-corrected chi connectivity index (χ1v) is 9.10. The number of carbonyl (C=O) groups is 1. The summed E-state index contributed by atoms with van der Waals surface area (Å²) >= 11 is 0. The Bertz CT molecular complexity index is 1020. The van der Waals surface area contributed by atoms with Gasteiger partial charge in [0.2, 0.25) is 0 Å². The molecule has 156 valence electrons. The van der Waals surface area contributed by atoms with Crippen LogP contribution in [-0.4, -0.2) is 38.5 Å². The van der Waals surface area contributed by atoms with E-state index in [0.717, 1.165) is 18.2 Å². The van der Waals surface area contributed by atoms with Gasteiger partial charge in [-0.25, -0.2) is 8.42 Å². The molecule has 0 bridgehead atoms. The quantitative estimate of drug-likeness (QED) is 0.525. The number of ether oxygens (including phenoxy) is 2. The topological polar surface area (TPSA) is 125 Å². The third kappa shape index (κ3) is 5.13. The van der Waals surface area contributed by atoms with E-state index in [9.17, 15) is 36.5 Å². The minimum Gasteiger partial charge on any atom is -0.495 e. The fraction of sp³-hybridized carbons (Fsp3) is 0.188. The highest BCUT2D eigenvalue weighted by atomic mass is 32.2. The van der Waals surface area contributed by atoms with Crippen LogP contribution in [0.4, 0.5) is 24.5 Å². The first kappa shape index (κ1) is 21.9. The van der Waals surface area contributed by atoms with Crippen molar-refractivity contribution in [2.45, 2.75) is 10.4 Å². The monoisotopic (exact) mass is 434 g/mol. The van der Waals surface area contributed by atoms with Gasteiger partial charge in [0.25, 0.3) is 21.4 Å². The zero-order valence-corrected chi connectivity index (χ0v) is 15.4. The van der Waals surface area contributed by atoms with Crippen LogP contribution in [0.15, 0.2) is 47.4 Å². The maximum atomic E-state index is 12.7. The van der Waals surface area contributed by atoms with Gasteiger partial charge in [0.1, 0.15) is 11.5 Å². The minimum atomic E-state index is -5.62. The predicted molar refractivity (Wildman–Crippen MR) is 93.5 cm³/mol. The van der Waals surface area contributed by atoms with Gasteiger partial charge in [-0.05, 0) is 30.3 Å². The van der Waals surface area contributed by atoms with E-state index in [4.69, 9.17) is 9.47 Å².